The number of phenols is 1. The van der Waals surface area contributed by atoms with E-state index >= 15 is 0 Å². The van der Waals surface area contributed by atoms with E-state index in [0.29, 0.717) is 22.2 Å². The Morgan fingerprint density at radius 2 is 1.52 bits per heavy atom. The van der Waals surface area contributed by atoms with Crippen LogP contribution in [-0.2, 0) is 0 Å². The molecule has 1 aliphatic rings. The number of hydrogen-bond acceptors (Lipinski definition) is 4. The quantitative estimate of drug-likeness (QED) is 0.494. The molecule has 5 rings (SSSR count). The second kappa shape index (κ2) is 6.84. The molecule has 5 nitrogen and oxygen atoms in total. The summed E-state index contributed by atoms with van der Waals surface area (Å²) in [5.41, 5.74) is 4.98. The van der Waals surface area contributed by atoms with E-state index < -0.39 is 6.04 Å². The van der Waals surface area contributed by atoms with Crippen molar-refractivity contribution < 1.29 is 14.3 Å². The molecule has 1 N–H and O–H groups in total. The van der Waals surface area contributed by atoms with E-state index in [-0.39, 0.29) is 22.8 Å². The van der Waals surface area contributed by atoms with Gasteiger partial charge in [0.15, 0.2) is 5.43 Å². The zero-order valence-corrected chi connectivity index (χ0v) is 17.5. The topological polar surface area (TPSA) is 70.8 Å². The fraction of sp³-hybridized carbons (Fsp3) is 0.154. The van der Waals surface area contributed by atoms with Crippen LogP contribution in [0, 0.1) is 20.8 Å². The van der Waals surface area contributed by atoms with Crippen molar-refractivity contribution in [1.82, 2.24) is 0 Å². The van der Waals surface area contributed by atoms with Crippen molar-refractivity contribution in [1.29, 1.82) is 0 Å². The van der Waals surface area contributed by atoms with Gasteiger partial charge in [-0.25, -0.2) is 0 Å². The lowest BCUT2D eigenvalue weighted by molar-refractivity contribution is 0.0971. The van der Waals surface area contributed by atoms with Crippen molar-refractivity contribution in [3.63, 3.8) is 0 Å². The minimum absolute atomic E-state index is 0.0689. The number of benzene rings is 3. The lowest BCUT2D eigenvalue weighted by Gasteiger charge is -2.25. The number of fused-ring (bicyclic) bond motifs is 2. The van der Waals surface area contributed by atoms with Crippen LogP contribution in [0.3, 0.4) is 0 Å². The van der Waals surface area contributed by atoms with Crippen LogP contribution in [0.1, 0.15) is 44.4 Å². The fourth-order valence-corrected chi connectivity index (χ4v) is 4.17. The van der Waals surface area contributed by atoms with Crippen LogP contribution in [0.4, 0.5) is 5.69 Å². The minimum Gasteiger partial charge on any atom is -0.508 e. The molecule has 0 fully saturated rings. The maximum Gasteiger partial charge on any atom is 0.295 e. The van der Waals surface area contributed by atoms with E-state index in [0.717, 1.165) is 22.3 Å². The van der Waals surface area contributed by atoms with Gasteiger partial charge < -0.3 is 9.52 Å². The largest absolute Gasteiger partial charge is 0.508 e. The van der Waals surface area contributed by atoms with Crippen LogP contribution >= 0.6 is 0 Å². The Morgan fingerprint density at radius 3 is 2.19 bits per heavy atom. The third-order valence-corrected chi connectivity index (χ3v) is 6.01. The van der Waals surface area contributed by atoms with Crippen LogP contribution in [0.2, 0.25) is 0 Å². The van der Waals surface area contributed by atoms with Gasteiger partial charge in [-0.15, -0.1) is 0 Å². The average molecular weight is 411 g/mol. The highest BCUT2D eigenvalue weighted by atomic mass is 16.3. The average Bonchev–Trinajstić information content (AvgIpc) is 3.04. The van der Waals surface area contributed by atoms with Gasteiger partial charge in [-0.2, -0.15) is 0 Å². The smallest absolute Gasteiger partial charge is 0.295 e. The number of carbonyl (C=O) groups is 1. The summed E-state index contributed by atoms with van der Waals surface area (Å²) in [4.78, 5) is 28.7. The normalized spacial score (nSPS) is 15.5. The molecule has 0 radical (unpaired) electrons. The highest BCUT2D eigenvalue weighted by Gasteiger charge is 2.43. The molecule has 31 heavy (non-hydrogen) atoms. The van der Waals surface area contributed by atoms with Crippen molar-refractivity contribution in [3.05, 3.63) is 104 Å². The van der Waals surface area contributed by atoms with Crippen LogP contribution < -0.4 is 10.3 Å². The van der Waals surface area contributed by atoms with E-state index in [1.54, 1.807) is 29.2 Å². The fourth-order valence-electron chi connectivity index (χ4n) is 4.17. The molecule has 1 aliphatic heterocycles. The highest BCUT2D eigenvalue weighted by Crippen LogP contribution is 2.41. The Morgan fingerprint density at radius 1 is 0.871 bits per heavy atom. The van der Waals surface area contributed by atoms with E-state index in [4.69, 9.17) is 4.42 Å². The van der Waals surface area contributed by atoms with Gasteiger partial charge in [0, 0.05) is 5.69 Å². The van der Waals surface area contributed by atoms with Crippen LogP contribution in [0.25, 0.3) is 11.0 Å². The molecule has 0 saturated heterocycles. The first-order chi connectivity index (χ1) is 14.8. The first kappa shape index (κ1) is 19.1. The molecule has 3 aromatic carbocycles. The molecule has 0 spiro atoms. The zero-order chi connectivity index (χ0) is 21.9. The maximum absolute atomic E-state index is 13.6. The van der Waals surface area contributed by atoms with E-state index in [1.807, 2.05) is 57.2 Å². The molecular weight excluding hydrogens is 390 g/mol. The first-order valence-corrected chi connectivity index (χ1v) is 10.1. The third kappa shape index (κ3) is 2.93. The summed E-state index contributed by atoms with van der Waals surface area (Å²) in [6.45, 7) is 5.87. The first-order valence-electron chi connectivity index (χ1n) is 10.1. The Balaban J connectivity index is 1.82. The van der Waals surface area contributed by atoms with Gasteiger partial charge in [0.2, 0.25) is 5.76 Å². The summed E-state index contributed by atoms with van der Waals surface area (Å²) in [5, 5.41) is 10.2. The summed E-state index contributed by atoms with van der Waals surface area (Å²) < 4.78 is 6.04. The Kier molecular flexibility index (Phi) is 4.22. The molecule has 0 bridgehead atoms. The summed E-state index contributed by atoms with van der Waals surface area (Å²) in [6.07, 6.45) is 0. The number of rotatable bonds is 2. The molecule has 1 aromatic heterocycles. The van der Waals surface area contributed by atoms with Gasteiger partial charge in [0.25, 0.3) is 5.91 Å². The molecule has 1 unspecified atom stereocenters. The van der Waals surface area contributed by atoms with Gasteiger partial charge in [0.05, 0.1) is 17.0 Å². The molecule has 0 aliphatic carbocycles. The number of nitrogens with zero attached hydrogens (tertiary/aromatic N) is 1. The molecule has 1 atom stereocenters. The molecule has 2 heterocycles. The highest BCUT2D eigenvalue weighted by molar-refractivity contribution is 6.10. The summed E-state index contributed by atoms with van der Waals surface area (Å²) in [7, 11) is 0. The summed E-state index contributed by atoms with van der Waals surface area (Å²) in [6, 6.07) is 17.1. The SMILES string of the molecule is Cc1ccc(N2C(=O)c3oc4cc(C)c(C)cc4c(=O)c3C2c2ccc(O)cc2)cc1. The van der Waals surface area contributed by atoms with Gasteiger partial charge >= 0.3 is 0 Å². The Labute approximate surface area is 179 Å². The summed E-state index contributed by atoms with van der Waals surface area (Å²) in [5.74, 6) is -0.166. The van der Waals surface area contributed by atoms with Crippen LogP contribution in [0.15, 0.2) is 69.9 Å². The molecule has 0 saturated carbocycles. The van der Waals surface area contributed by atoms with Crippen molar-refractivity contribution in [2.75, 3.05) is 4.90 Å². The van der Waals surface area contributed by atoms with Crippen LogP contribution in [0.5, 0.6) is 5.75 Å². The van der Waals surface area contributed by atoms with Crippen molar-refractivity contribution >= 4 is 22.6 Å². The van der Waals surface area contributed by atoms with Crippen molar-refractivity contribution in [2.45, 2.75) is 26.8 Å². The predicted molar refractivity (Wildman–Crippen MR) is 120 cm³/mol. The number of carbonyl (C=O) groups excluding carboxylic acids is 1. The number of aryl methyl sites for hydroxylation is 3. The molecule has 154 valence electrons. The maximum atomic E-state index is 13.6. The molecule has 1 amide bonds. The molecule has 4 aromatic rings. The monoisotopic (exact) mass is 411 g/mol. The van der Waals surface area contributed by atoms with Crippen molar-refractivity contribution in [3.8, 4) is 5.75 Å². The Hall–Kier alpha value is -3.86. The zero-order valence-electron chi connectivity index (χ0n) is 17.5. The number of anilines is 1. The Bertz CT molecular complexity index is 1400. The second-order valence-corrected chi connectivity index (χ2v) is 8.11. The van der Waals surface area contributed by atoms with Gasteiger partial charge in [-0.1, -0.05) is 29.8 Å². The summed E-state index contributed by atoms with van der Waals surface area (Å²) >= 11 is 0. The molecular formula is C26H21NO4. The van der Waals surface area contributed by atoms with Gasteiger partial charge in [-0.3, -0.25) is 14.5 Å². The van der Waals surface area contributed by atoms with E-state index in [9.17, 15) is 14.7 Å². The standard InChI is InChI=1S/C26H21NO4/c1-14-4-8-18(9-5-14)27-23(17-6-10-19(28)11-7-17)22-24(29)20-12-15(2)16(3)13-21(20)31-25(22)26(27)30/h4-13,23,28H,1-3H3. The lowest BCUT2D eigenvalue weighted by atomic mass is 9.97. The molecule has 5 heteroatoms. The van der Waals surface area contributed by atoms with Gasteiger partial charge in [0.1, 0.15) is 11.3 Å². The number of phenolic OH excluding ortho intramolecular Hbond substituents is 1. The van der Waals surface area contributed by atoms with E-state index in [1.165, 1.54) is 0 Å². The van der Waals surface area contributed by atoms with E-state index in [2.05, 4.69) is 0 Å². The number of aromatic hydroxyl groups is 1. The second-order valence-electron chi connectivity index (χ2n) is 8.11. The van der Waals surface area contributed by atoms with Gasteiger partial charge in [-0.05, 0) is 73.9 Å². The number of hydrogen-bond donors (Lipinski definition) is 1. The number of amides is 1. The lowest BCUT2D eigenvalue weighted by Crippen LogP contribution is -2.29. The minimum atomic E-state index is -0.645. The van der Waals surface area contributed by atoms with Crippen LogP contribution in [-0.4, -0.2) is 11.0 Å². The predicted octanol–water partition coefficient (Wildman–Crippen LogP) is 5.17. The van der Waals surface area contributed by atoms with Crippen molar-refractivity contribution in [2.24, 2.45) is 0 Å². The third-order valence-electron chi connectivity index (χ3n) is 6.01.